The van der Waals surface area contributed by atoms with E-state index in [9.17, 15) is 4.79 Å². The van der Waals surface area contributed by atoms with Crippen LogP contribution in [0.1, 0.15) is 37.0 Å². The van der Waals surface area contributed by atoms with E-state index < -0.39 is 5.97 Å². The summed E-state index contributed by atoms with van der Waals surface area (Å²) >= 11 is 0. The van der Waals surface area contributed by atoms with Gasteiger partial charge in [-0.25, -0.2) is 9.78 Å². The Bertz CT molecular complexity index is 841. The normalized spacial score (nSPS) is 12.0. The molecule has 0 spiro atoms. The largest absolute Gasteiger partial charge is 0.464 e. The van der Waals surface area contributed by atoms with E-state index in [1.165, 1.54) is 7.11 Å². The number of carbonyl (C=O) groups excluding carboxylic acids is 1. The van der Waals surface area contributed by atoms with Gasteiger partial charge in [0.25, 0.3) is 0 Å². The number of rotatable bonds is 1. The van der Waals surface area contributed by atoms with Crippen LogP contribution in [0.3, 0.4) is 0 Å². The van der Waals surface area contributed by atoms with E-state index in [2.05, 4.69) is 30.7 Å². The number of carbonyl (C=O) groups is 1. The number of ether oxygens (including phenoxy) is 1. The van der Waals surface area contributed by atoms with E-state index in [-0.39, 0.29) is 5.41 Å². The van der Waals surface area contributed by atoms with Gasteiger partial charge in [0.05, 0.1) is 18.3 Å². The van der Waals surface area contributed by atoms with Crippen LogP contribution in [0.25, 0.3) is 21.8 Å². The SMILES string of the molecule is COC(=O)c1cc2c([nH]c3ccccc32)c(C(C)(C)C)n1. The fourth-order valence-electron chi connectivity index (χ4n) is 2.60. The number of nitrogens with zero attached hydrogens (tertiary/aromatic N) is 1. The number of aromatic nitrogens is 2. The molecule has 4 nitrogen and oxygen atoms in total. The molecule has 3 rings (SSSR count). The number of methoxy groups -OCH3 is 1. The summed E-state index contributed by atoms with van der Waals surface area (Å²) in [6, 6.07) is 9.85. The van der Waals surface area contributed by atoms with E-state index in [1.54, 1.807) is 6.07 Å². The van der Waals surface area contributed by atoms with Crippen LogP contribution in [-0.4, -0.2) is 23.0 Å². The minimum atomic E-state index is -0.410. The number of para-hydroxylation sites is 1. The number of benzene rings is 1. The Hall–Kier alpha value is -2.36. The number of esters is 1. The van der Waals surface area contributed by atoms with Crippen molar-refractivity contribution in [2.45, 2.75) is 26.2 Å². The third-order valence-electron chi connectivity index (χ3n) is 3.60. The van der Waals surface area contributed by atoms with Gasteiger partial charge < -0.3 is 9.72 Å². The maximum Gasteiger partial charge on any atom is 0.356 e. The highest BCUT2D eigenvalue weighted by atomic mass is 16.5. The van der Waals surface area contributed by atoms with E-state index in [0.717, 1.165) is 27.5 Å². The van der Waals surface area contributed by atoms with Crippen LogP contribution >= 0.6 is 0 Å². The lowest BCUT2D eigenvalue weighted by Gasteiger charge is -2.19. The van der Waals surface area contributed by atoms with Gasteiger partial charge >= 0.3 is 5.97 Å². The van der Waals surface area contributed by atoms with Crippen LogP contribution in [0, 0.1) is 0 Å². The van der Waals surface area contributed by atoms with Crippen LogP contribution in [-0.2, 0) is 10.2 Å². The number of nitrogens with one attached hydrogen (secondary N) is 1. The second-order valence-electron chi connectivity index (χ2n) is 6.19. The van der Waals surface area contributed by atoms with Crippen molar-refractivity contribution in [1.29, 1.82) is 0 Å². The maximum absolute atomic E-state index is 11.9. The predicted molar refractivity (Wildman–Crippen MR) is 83.6 cm³/mol. The molecule has 0 fully saturated rings. The molecule has 0 amide bonds. The van der Waals surface area contributed by atoms with E-state index >= 15 is 0 Å². The molecule has 0 saturated heterocycles. The van der Waals surface area contributed by atoms with E-state index in [1.807, 2.05) is 24.3 Å². The van der Waals surface area contributed by atoms with Gasteiger partial charge in [-0.15, -0.1) is 0 Å². The van der Waals surface area contributed by atoms with Crippen LogP contribution in [0.4, 0.5) is 0 Å². The molecule has 0 unspecified atom stereocenters. The second kappa shape index (κ2) is 4.58. The zero-order chi connectivity index (χ0) is 15.2. The fraction of sp³-hybridized carbons (Fsp3) is 0.294. The van der Waals surface area contributed by atoms with Gasteiger partial charge in [0.1, 0.15) is 5.69 Å². The third kappa shape index (κ3) is 2.17. The number of pyridine rings is 1. The van der Waals surface area contributed by atoms with Crippen molar-refractivity contribution >= 4 is 27.8 Å². The number of H-pyrrole nitrogens is 1. The minimum absolute atomic E-state index is 0.177. The molecule has 1 aromatic carbocycles. The monoisotopic (exact) mass is 282 g/mol. The molecule has 2 heterocycles. The lowest BCUT2D eigenvalue weighted by Crippen LogP contribution is -2.17. The highest BCUT2D eigenvalue weighted by Crippen LogP contribution is 2.33. The molecule has 3 aromatic rings. The van der Waals surface area contributed by atoms with Gasteiger partial charge in [0.2, 0.25) is 0 Å². The Kier molecular flexibility index (Phi) is 2.97. The first kappa shape index (κ1) is 13.6. The Morgan fingerprint density at radius 2 is 1.90 bits per heavy atom. The van der Waals surface area contributed by atoms with Crippen molar-refractivity contribution in [3.63, 3.8) is 0 Å². The molecule has 1 N–H and O–H groups in total. The smallest absolute Gasteiger partial charge is 0.356 e. The van der Waals surface area contributed by atoms with Crippen molar-refractivity contribution < 1.29 is 9.53 Å². The van der Waals surface area contributed by atoms with Gasteiger partial charge in [0.15, 0.2) is 0 Å². The van der Waals surface area contributed by atoms with Crippen LogP contribution < -0.4 is 0 Å². The molecule has 0 bridgehead atoms. The highest BCUT2D eigenvalue weighted by molar-refractivity contribution is 6.09. The summed E-state index contributed by atoms with van der Waals surface area (Å²) in [5.74, 6) is -0.410. The molecule has 0 atom stereocenters. The standard InChI is InChI=1S/C17H18N2O2/c1-17(2,3)15-14-11(9-13(19-15)16(20)21-4)10-7-5-6-8-12(10)18-14/h5-9,18H,1-4H3. The van der Waals surface area contributed by atoms with Crippen LogP contribution in [0.5, 0.6) is 0 Å². The maximum atomic E-state index is 11.9. The molecular weight excluding hydrogens is 264 g/mol. The molecule has 0 aliphatic rings. The van der Waals surface area contributed by atoms with Crippen molar-refractivity contribution in [3.05, 3.63) is 41.7 Å². The molecular formula is C17H18N2O2. The van der Waals surface area contributed by atoms with Crippen molar-refractivity contribution in [3.8, 4) is 0 Å². The average Bonchev–Trinajstić information content (AvgIpc) is 2.82. The van der Waals surface area contributed by atoms with Gasteiger partial charge in [-0.2, -0.15) is 0 Å². The third-order valence-corrected chi connectivity index (χ3v) is 3.60. The topological polar surface area (TPSA) is 55.0 Å². The highest BCUT2D eigenvalue weighted by Gasteiger charge is 2.24. The van der Waals surface area contributed by atoms with Crippen LogP contribution in [0.15, 0.2) is 30.3 Å². The zero-order valence-corrected chi connectivity index (χ0v) is 12.7. The number of hydrogen-bond donors (Lipinski definition) is 1. The summed E-state index contributed by atoms with van der Waals surface area (Å²) in [5.41, 5.74) is 3.07. The van der Waals surface area contributed by atoms with Gasteiger partial charge in [0, 0.05) is 21.7 Å². The summed E-state index contributed by atoms with van der Waals surface area (Å²) in [7, 11) is 1.38. The fourth-order valence-corrected chi connectivity index (χ4v) is 2.60. The van der Waals surface area contributed by atoms with E-state index in [4.69, 9.17) is 4.74 Å². The van der Waals surface area contributed by atoms with Crippen LogP contribution in [0.2, 0.25) is 0 Å². The lowest BCUT2D eigenvalue weighted by molar-refractivity contribution is 0.0594. The summed E-state index contributed by atoms with van der Waals surface area (Å²) < 4.78 is 4.83. The molecule has 0 aliphatic carbocycles. The zero-order valence-electron chi connectivity index (χ0n) is 12.7. The van der Waals surface area contributed by atoms with Crippen molar-refractivity contribution in [1.82, 2.24) is 9.97 Å². The van der Waals surface area contributed by atoms with Gasteiger partial charge in [-0.3, -0.25) is 0 Å². The molecule has 0 aliphatic heterocycles. The molecule has 108 valence electrons. The molecule has 4 heteroatoms. The first-order valence-electron chi connectivity index (χ1n) is 6.92. The Morgan fingerprint density at radius 3 is 2.57 bits per heavy atom. The van der Waals surface area contributed by atoms with Crippen molar-refractivity contribution in [2.75, 3.05) is 7.11 Å². The Labute approximate surface area is 123 Å². The van der Waals surface area contributed by atoms with Gasteiger partial charge in [-0.1, -0.05) is 39.0 Å². The lowest BCUT2D eigenvalue weighted by atomic mass is 9.90. The average molecular weight is 282 g/mol. The summed E-state index contributed by atoms with van der Waals surface area (Å²) in [6.07, 6.45) is 0. The predicted octanol–water partition coefficient (Wildman–Crippen LogP) is 3.80. The molecule has 0 radical (unpaired) electrons. The van der Waals surface area contributed by atoms with Gasteiger partial charge in [-0.05, 0) is 12.1 Å². The molecule has 21 heavy (non-hydrogen) atoms. The molecule has 0 saturated carbocycles. The summed E-state index contributed by atoms with van der Waals surface area (Å²) in [4.78, 5) is 19.9. The first-order chi connectivity index (χ1) is 9.91. The number of aromatic amines is 1. The Morgan fingerprint density at radius 1 is 1.19 bits per heavy atom. The second-order valence-corrected chi connectivity index (χ2v) is 6.19. The number of fused-ring (bicyclic) bond motifs is 3. The quantitative estimate of drug-likeness (QED) is 0.691. The van der Waals surface area contributed by atoms with Crippen molar-refractivity contribution in [2.24, 2.45) is 0 Å². The Balaban J connectivity index is 2.45. The van der Waals surface area contributed by atoms with E-state index in [0.29, 0.717) is 5.69 Å². The summed E-state index contributed by atoms with van der Waals surface area (Å²) in [5, 5.41) is 2.09. The first-order valence-corrected chi connectivity index (χ1v) is 6.92. The molecule has 2 aromatic heterocycles. The summed E-state index contributed by atoms with van der Waals surface area (Å²) in [6.45, 7) is 6.25. The minimum Gasteiger partial charge on any atom is -0.464 e. The number of hydrogen-bond acceptors (Lipinski definition) is 3.